The minimum absolute atomic E-state index is 0. The highest BCUT2D eigenvalue weighted by molar-refractivity contribution is 5.85. The van der Waals surface area contributed by atoms with E-state index in [1.807, 2.05) is 0 Å². The second kappa shape index (κ2) is 7.35. The summed E-state index contributed by atoms with van der Waals surface area (Å²) in [5, 5.41) is 2.59. The Kier molecular flexibility index (Phi) is 6.86. The lowest BCUT2D eigenvalue weighted by Gasteiger charge is -2.16. The SMILES string of the molecule is CC(NC(=O)CCN)c1cccc(C(F)(F)F)c1.Cl. The van der Waals surface area contributed by atoms with E-state index in [2.05, 4.69) is 5.32 Å². The summed E-state index contributed by atoms with van der Waals surface area (Å²) in [6.45, 7) is 1.84. The standard InChI is InChI=1S/C12H15F3N2O.ClH/c1-8(17-11(18)5-6-16)9-3-2-4-10(7-9)12(13,14)15;/h2-4,7-8H,5-6,16H2,1H3,(H,17,18);1H. The summed E-state index contributed by atoms with van der Waals surface area (Å²) >= 11 is 0. The molecule has 0 spiro atoms. The molecule has 0 saturated carbocycles. The number of carbonyl (C=O) groups is 1. The van der Waals surface area contributed by atoms with Crippen molar-refractivity contribution >= 4 is 18.3 Å². The molecule has 0 aromatic heterocycles. The molecule has 0 aliphatic heterocycles. The van der Waals surface area contributed by atoms with Crippen LogP contribution in [0.25, 0.3) is 0 Å². The smallest absolute Gasteiger partial charge is 0.350 e. The fraction of sp³-hybridized carbons (Fsp3) is 0.417. The second-order valence-electron chi connectivity index (χ2n) is 3.95. The quantitative estimate of drug-likeness (QED) is 0.897. The lowest BCUT2D eigenvalue weighted by atomic mass is 10.0. The van der Waals surface area contributed by atoms with Crippen molar-refractivity contribution in [3.63, 3.8) is 0 Å². The largest absolute Gasteiger partial charge is 0.416 e. The molecule has 0 fully saturated rings. The third kappa shape index (κ3) is 5.48. The zero-order valence-corrected chi connectivity index (χ0v) is 11.1. The van der Waals surface area contributed by atoms with Gasteiger partial charge in [0.15, 0.2) is 0 Å². The van der Waals surface area contributed by atoms with Crippen LogP contribution in [0.15, 0.2) is 24.3 Å². The van der Waals surface area contributed by atoms with Gasteiger partial charge in [0.1, 0.15) is 0 Å². The molecule has 3 N–H and O–H groups in total. The summed E-state index contributed by atoms with van der Waals surface area (Å²) in [5.41, 5.74) is 4.91. The number of benzene rings is 1. The van der Waals surface area contributed by atoms with Gasteiger partial charge in [0.05, 0.1) is 11.6 Å². The predicted molar refractivity (Wildman–Crippen MR) is 68.9 cm³/mol. The summed E-state index contributed by atoms with van der Waals surface area (Å²) in [6.07, 6.45) is -4.22. The Bertz CT molecular complexity index is 424. The van der Waals surface area contributed by atoms with Crippen molar-refractivity contribution < 1.29 is 18.0 Å². The van der Waals surface area contributed by atoms with E-state index in [1.54, 1.807) is 13.0 Å². The van der Waals surface area contributed by atoms with Gasteiger partial charge in [-0.1, -0.05) is 12.1 Å². The lowest BCUT2D eigenvalue weighted by Crippen LogP contribution is -2.28. The molecule has 108 valence electrons. The zero-order valence-electron chi connectivity index (χ0n) is 10.3. The lowest BCUT2D eigenvalue weighted by molar-refractivity contribution is -0.137. The van der Waals surface area contributed by atoms with Crippen LogP contribution in [0.4, 0.5) is 13.2 Å². The van der Waals surface area contributed by atoms with Crippen molar-refractivity contribution in [3.05, 3.63) is 35.4 Å². The van der Waals surface area contributed by atoms with Crippen LogP contribution in [0.3, 0.4) is 0 Å². The summed E-state index contributed by atoms with van der Waals surface area (Å²) < 4.78 is 37.5. The first-order chi connectivity index (χ1) is 8.34. The Labute approximate surface area is 115 Å². The molecule has 1 aromatic rings. The molecule has 7 heteroatoms. The minimum atomic E-state index is -4.38. The van der Waals surface area contributed by atoms with Crippen LogP contribution < -0.4 is 11.1 Å². The third-order valence-electron chi connectivity index (χ3n) is 2.46. The minimum Gasteiger partial charge on any atom is -0.350 e. The predicted octanol–water partition coefficient (Wildman–Crippen LogP) is 2.65. The molecule has 0 aliphatic carbocycles. The number of hydrogen-bond acceptors (Lipinski definition) is 2. The fourth-order valence-electron chi connectivity index (χ4n) is 1.51. The van der Waals surface area contributed by atoms with Gasteiger partial charge in [-0.25, -0.2) is 0 Å². The molecule has 0 saturated heterocycles. The average Bonchev–Trinajstić information content (AvgIpc) is 2.28. The van der Waals surface area contributed by atoms with E-state index in [0.717, 1.165) is 12.1 Å². The maximum absolute atomic E-state index is 12.5. The first-order valence-electron chi connectivity index (χ1n) is 5.51. The van der Waals surface area contributed by atoms with E-state index in [1.165, 1.54) is 6.07 Å². The summed E-state index contributed by atoms with van der Waals surface area (Å²) in [7, 11) is 0. The monoisotopic (exact) mass is 296 g/mol. The fourth-order valence-corrected chi connectivity index (χ4v) is 1.51. The summed E-state index contributed by atoms with van der Waals surface area (Å²) in [4.78, 5) is 11.3. The van der Waals surface area contributed by atoms with Gasteiger partial charge in [-0.05, 0) is 24.6 Å². The molecule has 1 aromatic carbocycles. The van der Waals surface area contributed by atoms with E-state index < -0.39 is 17.8 Å². The van der Waals surface area contributed by atoms with Crippen LogP contribution in [0, 0.1) is 0 Å². The highest BCUT2D eigenvalue weighted by atomic mass is 35.5. The molecule has 3 nitrogen and oxygen atoms in total. The van der Waals surface area contributed by atoms with Crippen molar-refractivity contribution in [1.82, 2.24) is 5.32 Å². The summed E-state index contributed by atoms with van der Waals surface area (Å²) in [5.74, 6) is -0.276. The van der Waals surface area contributed by atoms with E-state index >= 15 is 0 Å². The van der Waals surface area contributed by atoms with Crippen LogP contribution in [0.1, 0.15) is 30.5 Å². The van der Waals surface area contributed by atoms with Gasteiger partial charge in [-0.15, -0.1) is 12.4 Å². The van der Waals surface area contributed by atoms with Crippen LogP contribution in [0.5, 0.6) is 0 Å². The van der Waals surface area contributed by atoms with Crippen LogP contribution in [-0.2, 0) is 11.0 Å². The number of nitrogens with two attached hydrogens (primary N) is 1. The van der Waals surface area contributed by atoms with Gasteiger partial charge in [0.2, 0.25) is 5.91 Å². The molecule has 1 unspecified atom stereocenters. The van der Waals surface area contributed by atoms with E-state index in [0.29, 0.717) is 5.56 Å². The molecular formula is C12H16ClF3N2O. The number of halogens is 4. The number of nitrogens with one attached hydrogen (secondary N) is 1. The zero-order chi connectivity index (χ0) is 13.8. The molecule has 0 radical (unpaired) electrons. The first-order valence-corrected chi connectivity index (χ1v) is 5.51. The Morgan fingerprint density at radius 1 is 1.42 bits per heavy atom. The number of hydrogen-bond donors (Lipinski definition) is 2. The molecular weight excluding hydrogens is 281 g/mol. The van der Waals surface area contributed by atoms with Gasteiger partial charge in [0.25, 0.3) is 0 Å². The topological polar surface area (TPSA) is 55.1 Å². The Morgan fingerprint density at radius 3 is 2.58 bits per heavy atom. The van der Waals surface area contributed by atoms with Crippen molar-refractivity contribution in [2.24, 2.45) is 5.73 Å². The Hall–Kier alpha value is -1.27. The maximum atomic E-state index is 12.5. The average molecular weight is 297 g/mol. The number of amides is 1. The van der Waals surface area contributed by atoms with Crippen LogP contribution in [0.2, 0.25) is 0 Å². The molecule has 1 amide bonds. The van der Waals surface area contributed by atoms with Gasteiger partial charge in [-0.3, -0.25) is 4.79 Å². The van der Waals surface area contributed by atoms with Crippen LogP contribution in [-0.4, -0.2) is 12.5 Å². The van der Waals surface area contributed by atoms with Gasteiger partial charge < -0.3 is 11.1 Å². The van der Waals surface area contributed by atoms with Gasteiger partial charge in [-0.2, -0.15) is 13.2 Å². The number of rotatable bonds is 4. The molecule has 0 bridgehead atoms. The second-order valence-corrected chi connectivity index (χ2v) is 3.95. The van der Waals surface area contributed by atoms with E-state index in [-0.39, 0.29) is 31.3 Å². The summed E-state index contributed by atoms with van der Waals surface area (Å²) in [6, 6.07) is 4.42. The first kappa shape index (κ1) is 17.7. The van der Waals surface area contributed by atoms with Crippen molar-refractivity contribution in [3.8, 4) is 0 Å². The number of alkyl halides is 3. The molecule has 19 heavy (non-hydrogen) atoms. The highest BCUT2D eigenvalue weighted by Crippen LogP contribution is 2.30. The van der Waals surface area contributed by atoms with Crippen molar-refractivity contribution in [1.29, 1.82) is 0 Å². The highest BCUT2D eigenvalue weighted by Gasteiger charge is 2.30. The Balaban J connectivity index is 0.00000324. The van der Waals surface area contributed by atoms with Gasteiger partial charge >= 0.3 is 6.18 Å². The molecule has 0 heterocycles. The van der Waals surface area contributed by atoms with E-state index in [4.69, 9.17) is 5.73 Å². The molecule has 1 atom stereocenters. The van der Waals surface area contributed by atoms with E-state index in [9.17, 15) is 18.0 Å². The normalized spacial score (nSPS) is 12.5. The molecule has 0 aliphatic rings. The van der Waals surface area contributed by atoms with Gasteiger partial charge in [0, 0.05) is 13.0 Å². The third-order valence-corrected chi connectivity index (χ3v) is 2.46. The number of carbonyl (C=O) groups excluding carboxylic acids is 1. The van der Waals surface area contributed by atoms with Crippen molar-refractivity contribution in [2.45, 2.75) is 25.6 Å². The Morgan fingerprint density at radius 2 is 2.05 bits per heavy atom. The van der Waals surface area contributed by atoms with Crippen LogP contribution >= 0.6 is 12.4 Å². The van der Waals surface area contributed by atoms with Crippen molar-refractivity contribution in [2.75, 3.05) is 6.54 Å². The molecule has 1 rings (SSSR count). The maximum Gasteiger partial charge on any atom is 0.416 e.